The smallest absolute Gasteiger partial charge is 0.253 e. The molecule has 0 aliphatic heterocycles. The summed E-state index contributed by atoms with van der Waals surface area (Å²) in [4.78, 5) is 19.6. The number of rotatable bonds is 4. The average molecular weight is 317 g/mol. The number of nitrogens with zero attached hydrogens (tertiary/aromatic N) is 2. The van der Waals surface area contributed by atoms with Gasteiger partial charge in [-0.2, -0.15) is 5.10 Å². The number of hydrogen-bond acceptors (Lipinski definition) is 3. The van der Waals surface area contributed by atoms with Gasteiger partial charge in [0.1, 0.15) is 0 Å². The molecule has 0 atom stereocenters. The van der Waals surface area contributed by atoms with Crippen molar-refractivity contribution in [2.75, 3.05) is 0 Å². The standard InChI is InChI=1S/C18H15N5O/c24-18(21-8-12-3-5-19-6-4-12)16-11-20-17-7-13(1-2-15(16)17)14-9-22-23-10-14/h1-7,9-11,20H,8H2,(H,21,24)(H,22,23). The van der Waals surface area contributed by atoms with Crippen molar-refractivity contribution in [2.24, 2.45) is 0 Å². The second-order valence-corrected chi connectivity index (χ2v) is 5.49. The number of benzene rings is 1. The van der Waals surface area contributed by atoms with Gasteiger partial charge in [0, 0.05) is 47.8 Å². The summed E-state index contributed by atoms with van der Waals surface area (Å²) in [6, 6.07) is 9.72. The normalized spacial score (nSPS) is 10.8. The van der Waals surface area contributed by atoms with Crippen LogP contribution in [0.1, 0.15) is 15.9 Å². The maximum absolute atomic E-state index is 12.4. The molecule has 118 valence electrons. The fourth-order valence-electron chi connectivity index (χ4n) is 2.68. The first-order valence-corrected chi connectivity index (χ1v) is 7.58. The number of aromatic nitrogens is 4. The van der Waals surface area contributed by atoms with Crippen molar-refractivity contribution < 1.29 is 4.79 Å². The van der Waals surface area contributed by atoms with Crippen LogP contribution >= 0.6 is 0 Å². The van der Waals surface area contributed by atoms with Gasteiger partial charge in [-0.05, 0) is 29.3 Å². The van der Waals surface area contributed by atoms with Crippen LogP contribution in [0.15, 0.2) is 61.3 Å². The van der Waals surface area contributed by atoms with Gasteiger partial charge in [0.25, 0.3) is 5.91 Å². The van der Waals surface area contributed by atoms with Crippen molar-refractivity contribution in [3.8, 4) is 11.1 Å². The minimum absolute atomic E-state index is 0.103. The number of fused-ring (bicyclic) bond motifs is 1. The van der Waals surface area contributed by atoms with Crippen molar-refractivity contribution in [3.05, 3.63) is 72.4 Å². The molecule has 0 radical (unpaired) electrons. The lowest BCUT2D eigenvalue weighted by Crippen LogP contribution is -2.22. The van der Waals surface area contributed by atoms with Crippen LogP contribution in [0.3, 0.4) is 0 Å². The van der Waals surface area contributed by atoms with Crippen LogP contribution in [-0.2, 0) is 6.54 Å². The maximum atomic E-state index is 12.4. The molecule has 0 aliphatic rings. The van der Waals surface area contributed by atoms with Crippen LogP contribution in [0.25, 0.3) is 22.0 Å². The number of pyridine rings is 1. The van der Waals surface area contributed by atoms with E-state index in [-0.39, 0.29) is 5.91 Å². The Morgan fingerprint density at radius 3 is 2.75 bits per heavy atom. The van der Waals surface area contributed by atoms with Gasteiger partial charge in [-0.15, -0.1) is 0 Å². The van der Waals surface area contributed by atoms with Gasteiger partial charge in [0.05, 0.1) is 11.8 Å². The van der Waals surface area contributed by atoms with Crippen LogP contribution in [0.5, 0.6) is 0 Å². The summed E-state index contributed by atoms with van der Waals surface area (Å²) >= 11 is 0. The van der Waals surface area contributed by atoms with E-state index in [0.29, 0.717) is 12.1 Å². The lowest BCUT2D eigenvalue weighted by molar-refractivity contribution is 0.0952. The average Bonchev–Trinajstić information content (AvgIpc) is 3.29. The van der Waals surface area contributed by atoms with Crippen molar-refractivity contribution >= 4 is 16.8 Å². The molecule has 0 spiro atoms. The predicted molar refractivity (Wildman–Crippen MR) is 91.3 cm³/mol. The molecular weight excluding hydrogens is 302 g/mol. The van der Waals surface area contributed by atoms with Crippen LogP contribution in [-0.4, -0.2) is 26.1 Å². The second-order valence-electron chi connectivity index (χ2n) is 5.49. The predicted octanol–water partition coefficient (Wildman–Crippen LogP) is 2.88. The fourth-order valence-corrected chi connectivity index (χ4v) is 2.68. The quantitative estimate of drug-likeness (QED) is 0.541. The van der Waals surface area contributed by atoms with E-state index < -0.39 is 0 Å². The van der Waals surface area contributed by atoms with Gasteiger partial charge in [-0.1, -0.05) is 12.1 Å². The first-order chi connectivity index (χ1) is 11.8. The highest BCUT2D eigenvalue weighted by atomic mass is 16.1. The largest absolute Gasteiger partial charge is 0.360 e. The summed E-state index contributed by atoms with van der Waals surface area (Å²) in [5.74, 6) is -0.103. The zero-order valence-electron chi connectivity index (χ0n) is 12.8. The summed E-state index contributed by atoms with van der Waals surface area (Å²) in [5, 5.41) is 10.6. The Kier molecular flexibility index (Phi) is 3.55. The van der Waals surface area contributed by atoms with E-state index >= 15 is 0 Å². The molecule has 4 aromatic rings. The first-order valence-electron chi connectivity index (χ1n) is 7.58. The monoisotopic (exact) mass is 317 g/mol. The zero-order valence-corrected chi connectivity index (χ0v) is 12.8. The van der Waals surface area contributed by atoms with Crippen LogP contribution in [0, 0.1) is 0 Å². The lowest BCUT2D eigenvalue weighted by atomic mass is 10.1. The molecule has 3 N–H and O–H groups in total. The Balaban J connectivity index is 1.57. The van der Waals surface area contributed by atoms with Gasteiger partial charge in [-0.3, -0.25) is 14.9 Å². The topological polar surface area (TPSA) is 86.5 Å². The van der Waals surface area contributed by atoms with E-state index in [1.165, 1.54) is 0 Å². The third-order valence-electron chi connectivity index (χ3n) is 3.96. The summed E-state index contributed by atoms with van der Waals surface area (Å²) in [5.41, 5.74) is 4.62. The zero-order chi connectivity index (χ0) is 16.4. The Hall–Kier alpha value is -3.41. The van der Waals surface area contributed by atoms with E-state index in [1.807, 2.05) is 36.5 Å². The van der Waals surface area contributed by atoms with E-state index in [1.54, 1.807) is 24.8 Å². The first kappa shape index (κ1) is 14.2. The minimum Gasteiger partial charge on any atom is -0.360 e. The second kappa shape index (κ2) is 6.00. The summed E-state index contributed by atoms with van der Waals surface area (Å²) in [7, 11) is 0. The number of nitrogens with one attached hydrogen (secondary N) is 3. The van der Waals surface area contributed by atoms with Gasteiger partial charge in [-0.25, -0.2) is 0 Å². The molecule has 0 saturated carbocycles. The Labute approximate surface area is 137 Å². The van der Waals surface area contributed by atoms with Crippen LogP contribution < -0.4 is 5.32 Å². The highest BCUT2D eigenvalue weighted by Gasteiger charge is 2.12. The van der Waals surface area contributed by atoms with E-state index in [2.05, 4.69) is 25.5 Å². The Morgan fingerprint density at radius 2 is 1.96 bits per heavy atom. The molecule has 0 saturated heterocycles. The number of carbonyl (C=O) groups is 1. The van der Waals surface area contributed by atoms with Crippen LogP contribution in [0.2, 0.25) is 0 Å². The molecule has 3 heterocycles. The molecule has 6 nitrogen and oxygen atoms in total. The number of amides is 1. The van der Waals surface area contributed by atoms with E-state index in [9.17, 15) is 4.79 Å². The summed E-state index contributed by atoms with van der Waals surface area (Å²) in [6.45, 7) is 0.473. The molecular formula is C18H15N5O. The summed E-state index contributed by atoms with van der Waals surface area (Å²) in [6.07, 6.45) is 8.78. The molecule has 24 heavy (non-hydrogen) atoms. The molecule has 1 amide bonds. The number of aromatic amines is 2. The van der Waals surface area contributed by atoms with E-state index in [4.69, 9.17) is 0 Å². The van der Waals surface area contributed by atoms with Crippen molar-refractivity contribution in [1.29, 1.82) is 0 Å². The third-order valence-corrected chi connectivity index (χ3v) is 3.96. The molecule has 1 aromatic carbocycles. The van der Waals surface area contributed by atoms with E-state index in [0.717, 1.165) is 27.6 Å². The molecule has 3 aromatic heterocycles. The van der Waals surface area contributed by atoms with Crippen molar-refractivity contribution in [3.63, 3.8) is 0 Å². The van der Waals surface area contributed by atoms with Gasteiger partial charge in [0.15, 0.2) is 0 Å². The Bertz CT molecular complexity index is 973. The number of carbonyl (C=O) groups excluding carboxylic acids is 1. The maximum Gasteiger partial charge on any atom is 0.253 e. The minimum atomic E-state index is -0.103. The van der Waals surface area contributed by atoms with Crippen molar-refractivity contribution in [1.82, 2.24) is 25.5 Å². The fraction of sp³-hybridized carbons (Fsp3) is 0.0556. The van der Waals surface area contributed by atoms with Crippen molar-refractivity contribution in [2.45, 2.75) is 6.54 Å². The van der Waals surface area contributed by atoms with Gasteiger partial charge >= 0.3 is 0 Å². The SMILES string of the molecule is O=C(NCc1ccncc1)c1c[nH]c2cc(-c3cn[nH]c3)ccc12. The highest BCUT2D eigenvalue weighted by Crippen LogP contribution is 2.25. The van der Waals surface area contributed by atoms with Gasteiger partial charge in [0.2, 0.25) is 0 Å². The lowest BCUT2D eigenvalue weighted by Gasteiger charge is -2.04. The molecule has 4 rings (SSSR count). The Morgan fingerprint density at radius 1 is 1.08 bits per heavy atom. The molecule has 0 bridgehead atoms. The van der Waals surface area contributed by atoms with Gasteiger partial charge < -0.3 is 10.3 Å². The third kappa shape index (κ3) is 2.65. The van der Waals surface area contributed by atoms with Crippen LogP contribution in [0.4, 0.5) is 0 Å². The summed E-state index contributed by atoms with van der Waals surface area (Å²) < 4.78 is 0. The number of H-pyrrole nitrogens is 2. The molecule has 0 fully saturated rings. The molecule has 6 heteroatoms. The highest BCUT2D eigenvalue weighted by molar-refractivity contribution is 6.07. The number of hydrogen-bond donors (Lipinski definition) is 3. The molecule has 0 aliphatic carbocycles. The molecule has 0 unspecified atom stereocenters.